The lowest BCUT2D eigenvalue weighted by Crippen LogP contribution is -2.21. The zero-order valence-corrected chi connectivity index (χ0v) is 10.8. The molecular formula is C12H8N4O6. The van der Waals surface area contributed by atoms with E-state index in [-0.39, 0.29) is 12.4 Å². The molecule has 0 bridgehead atoms. The summed E-state index contributed by atoms with van der Waals surface area (Å²) >= 11 is 0. The van der Waals surface area contributed by atoms with Gasteiger partial charge in [-0.1, -0.05) is 0 Å². The van der Waals surface area contributed by atoms with Gasteiger partial charge in [-0.05, 0) is 18.2 Å². The Labute approximate surface area is 121 Å². The molecule has 22 heavy (non-hydrogen) atoms. The molecule has 2 aromatic rings. The van der Waals surface area contributed by atoms with Gasteiger partial charge < -0.3 is 14.6 Å². The molecule has 112 valence electrons. The molecule has 10 nitrogen and oxygen atoms in total. The average molecular weight is 304 g/mol. The summed E-state index contributed by atoms with van der Waals surface area (Å²) in [6.07, 6.45) is 0. The molecule has 1 aliphatic rings. The molecule has 10 heteroatoms. The van der Waals surface area contributed by atoms with Crippen LogP contribution in [0.1, 0.15) is 10.4 Å². The van der Waals surface area contributed by atoms with Crippen molar-refractivity contribution in [3.8, 4) is 17.4 Å². The molecule has 0 spiro atoms. The van der Waals surface area contributed by atoms with Crippen LogP contribution in [0.4, 0.5) is 5.69 Å². The van der Waals surface area contributed by atoms with Gasteiger partial charge >= 0.3 is 5.69 Å². The van der Waals surface area contributed by atoms with Gasteiger partial charge in [-0.15, -0.1) is 10.2 Å². The Morgan fingerprint density at radius 1 is 1.18 bits per heavy atom. The minimum atomic E-state index is -0.969. The normalized spacial score (nSPS) is 12.7. The van der Waals surface area contributed by atoms with Crippen LogP contribution in [0.15, 0.2) is 38.0 Å². The Kier molecular flexibility index (Phi) is 3.18. The van der Waals surface area contributed by atoms with E-state index < -0.39 is 28.7 Å². The zero-order chi connectivity index (χ0) is 15.7. The van der Waals surface area contributed by atoms with E-state index in [1.165, 1.54) is 18.2 Å². The van der Waals surface area contributed by atoms with Crippen LogP contribution >= 0.6 is 0 Å². The number of azo groups is 1. The third-order valence-corrected chi connectivity index (χ3v) is 2.76. The molecule has 1 aromatic heterocycles. The number of carbonyl (C=O) groups is 1. The van der Waals surface area contributed by atoms with Crippen LogP contribution in [-0.2, 0) is 0 Å². The summed E-state index contributed by atoms with van der Waals surface area (Å²) in [6, 6.07) is 4.40. The first kappa shape index (κ1) is 13.5. The third-order valence-electron chi connectivity index (χ3n) is 2.76. The molecule has 0 aliphatic carbocycles. The van der Waals surface area contributed by atoms with Crippen molar-refractivity contribution in [3.63, 3.8) is 0 Å². The fourth-order valence-electron chi connectivity index (χ4n) is 1.74. The SMILES string of the molecule is O=C(N=Nc1c(O)[nH]c(=O)[nH]c1=O)c1ccc2c(c1)OCO2. The molecule has 0 fully saturated rings. The Hall–Kier alpha value is -3.43. The standard InChI is InChI=1S/C12H8N4O6/c17-9(5-1-2-6-7(3-5)22-4-21-6)16-15-8-10(18)13-12(20)14-11(8)19/h1-3H,4H2,(H3,13,14,18,19,20). The van der Waals surface area contributed by atoms with Crippen LogP contribution in [0.2, 0.25) is 0 Å². The highest BCUT2D eigenvalue weighted by Gasteiger charge is 2.16. The number of nitrogens with one attached hydrogen (secondary N) is 2. The average Bonchev–Trinajstić information content (AvgIpc) is 2.93. The van der Waals surface area contributed by atoms with Gasteiger partial charge in [-0.2, -0.15) is 0 Å². The fourth-order valence-corrected chi connectivity index (χ4v) is 1.74. The highest BCUT2D eigenvalue weighted by molar-refractivity contribution is 5.95. The lowest BCUT2D eigenvalue weighted by molar-refractivity contribution is 0.0994. The minimum Gasteiger partial charge on any atom is -0.493 e. The Morgan fingerprint density at radius 2 is 1.95 bits per heavy atom. The first-order valence-corrected chi connectivity index (χ1v) is 5.96. The number of aromatic amines is 2. The van der Waals surface area contributed by atoms with E-state index in [0.29, 0.717) is 11.5 Å². The van der Waals surface area contributed by atoms with E-state index in [0.717, 1.165) is 0 Å². The number of fused-ring (bicyclic) bond motifs is 1. The zero-order valence-electron chi connectivity index (χ0n) is 10.8. The second kappa shape index (κ2) is 5.16. The topological polar surface area (TPSA) is 146 Å². The van der Waals surface area contributed by atoms with Crippen LogP contribution < -0.4 is 20.7 Å². The summed E-state index contributed by atoms with van der Waals surface area (Å²) < 4.78 is 10.2. The Bertz CT molecular complexity index is 897. The molecule has 0 unspecified atom stereocenters. The van der Waals surface area contributed by atoms with Crippen LogP contribution in [0.3, 0.4) is 0 Å². The van der Waals surface area contributed by atoms with E-state index in [9.17, 15) is 19.5 Å². The van der Waals surface area contributed by atoms with Gasteiger partial charge in [-0.25, -0.2) is 4.79 Å². The number of rotatable bonds is 2. The number of hydrogen-bond donors (Lipinski definition) is 3. The Balaban J connectivity index is 1.88. The van der Waals surface area contributed by atoms with Gasteiger partial charge in [0.15, 0.2) is 11.5 Å². The number of H-pyrrole nitrogens is 2. The summed E-state index contributed by atoms with van der Waals surface area (Å²) in [6.45, 7) is 0.0646. The second-order valence-electron chi connectivity index (χ2n) is 4.18. The molecule has 1 aromatic carbocycles. The first-order valence-electron chi connectivity index (χ1n) is 5.96. The second-order valence-corrected chi connectivity index (χ2v) is 4.18. The minimum absolute atomic E-state index is 0.0646. The number of aromatic hydroxyl groups is 1. The highest BCUT2D eigenvalue weighted by Crippen LogP contribution is 2.32. The van der Waals surface area contributed by atoms with Gasteiger partial charge in [0.25, 0.3) is 11.5 Å². The fraction of sp³-hybridized carbons (Fsp3) is 0.0833. The quantitative estimate of drug-likeness (QED) is 0.685. The number of hydrogen-bond acceptors (Lipinski definition) is 7. The largest absolute Gasteiger partial charge is 0.493 e. The van der Waals surface area contributed by atoms with E-state index >= 15 is 0 Å². The van der Waals surface area contributed by atoms with Crippen molar-refractivity contribution in [3.05, 3.63) is 44.6 Å². The van der Waals surface area contributed by atoms with Gasteiger partial charge in [0, 0.05) is 5.56 Å². The van der Waals surface area contributed by atoms with Gasteiger partial charge in [0.2, 0.25) is 18.4 Å². The molecule has 0 saturated heterocycles. The van der Waals surface area contributed by atoms with Crippen LogP contribution in [-0.4, -0.2) is 27.8 Å². The predicted molar refractivity (Wildman–Crippen MR) is 70.8 cm³/mol. The molecule has 1 amide bonds. The molecule has 0 saturated carbocycles. The molecule has 0 atom stereocenters. The molecular weight excluding hydrogens is 296 g/mol. The molecule has 2 heterocycles. The summed E-state index contributed by atoms with van der Waals surface area (Å²) in [5, 5.41) is 16.1. The van der Waals surface area contributed by atoms with E-state index in [4.69, 9.17) is 9.47 Å². The van der Waals surface area contributed by atoms with Crippen molar-refractivity contribution in [1.82, 2.24) is 9.97 Å². The molecule has 1 aliphatic heterocycles. The number of carbonyl (C=O) groups excluding carboxylic acids is 1. The van der Waals surface area contributed by atoms with Crippen LogP contribution in [0.25, 0.3) is 0 Å². The lowest BCUT2D eigenvalue weighted by Gasteiger charge is -1.98. The lowest BCUT2D eigenvalue weighted by atomic mass is 10.2. The summed E-state index contributed by atoms with van der Waals surface area (Å²) in [5.74, 6) is -0.645. The van der Waals surface area contributed by atoms with Gasteiger partial charge in [-0.3, -0.25) is 19.6 Å². The van der Waals surface area contributed by atoms with Crippen LogP contribution in [0, 0.1) is 0 Å². The maximum atomic E-state index is 11.9. The maximum Gasteiger partial charge on any atom is 0.328 e. The maximum absolute atomic E-state index is 11.9. The van der Waals surface area contributed by atoms with Crippen LogP contribution in [0.5, 0.6) is 17.4 Å². The molecule has 3 rings (SSSR count). The third kappa shape index (κ3) is 2.44. The van der Waals surface area contributed by atoms with Crippen molar-refractivity contribution >= 4 is 11.6 Å². The predicted octanol–water partition coefficient (Wildman–Crippen LogP) is 0.422. The Morgan fingerprint density at radius 3 is 2.73 bits per heavy atom. The first-order chi connectivity index (χ1) is 10.5. The molecule has 0 radical (unpaired) electrons. The van der Waals surface area contributed by atoms with Gasteiger partial charge in [0.05, 0.1) is 0 Å². The highest BCUT2D eigenvalue weighted by atomic mass is 16.7. The van der Waals surface area contributed by atoms with Crippen molar-refractivity contribution in [2.45, 2.75) is 0 Å². The van der Waals surface area contributed by atoms with Crippen molar-refractivity contribution in [2.24, 2.45) is 10.2 Å². The smallest absolute Gasteiger partial charge is 0.328 e. The number of ether oxygens (including phenoxy) is 2. The summed E-state index contributed by atoms with van der Waals surface area (Å²) in [7, 11) is 0. The summed E-state index contributed by atoms with van der Waals surface area (Å²) in [5.41, 5.74) is -2.28. The van der Waals surface area contributed by atoms with Gasteiger partial charge in [0.1, 0.15) is 0 Å². The van der Waals surface area contributed by atoms with Crippen molar-refractivity contribution < 1.29 is 19.4 Å². The van der Waals surface area contributed by atoms with Crippen molar-refractivity contribution in [1.29, 1.82) is 0 Å². The monoisotopic (exact) mass is 304 g/mol. The number of aromatic nitrogens is 2. The van der Waals surface area contributed by atoms with Crippen molar-refractivity contribution in [2.75, 3.05) is 6.79 Å². The van der Waals surface area contributed by atoms with E-state index in [2.05, 4.69) is 10.2 Å². The number of amides is 1. The van der Waals surface area contributed by atoms with E-state index in [1.54, 1.807) is 0 Å². The number of nitrogens with zero attached hydrogens (tertiary/aromatic N) is 2. The molecule has 3 N–H and O–H groups in total. The number of benzene rings is 1. The van der Waals surface area contributed by atoms with E-state index in [1.807, 2.05) is 9.97 Å². The summed E-state index contributed by atoms with van der Waals surface area (Å²) in [4.78, 5) is 38.0.